The molecule has 0 amide bonds. The van der Waals surface area contributed by atoms with Crippen molar-refractivity contribution in [1.29, 1.82) is 0 Å². The van der Waals surface area contributed by atoms with E-state index < -0.39 is 17.4 Å². The molecule has 1 atom stereocenters. The van der Waals surface area contributed by atoms with Gasteiger partial charge < -0.3 is 5.11 Å². The van der Waals surface area contributed by atoms with Crippen LogP contribution in [0.25, 0.3) is 33.4 Å². The molecule has 0 unspecified atom stereocenters. The molecule has 0 spiro atoms. The van der Waals surface area contributed by atoms with Gasteiger partial charge in [0.1, 0.15) is 6.10 Å². The zero-order valence-corrected chi connectivity index (χ0v) is 17.2. The van der Waals surface area contributed by atoms with Crippen molar-refractivity contribution in [3.8, 4) is 22.4 Å². The Kier molecular flexibility index (Phi) is 3.85. The van der Waals surface area contributed by atoms with Crippen molar-refractivity contribution in [2.75, 3.05) is 0 Å². The Bertz CT molecular complexity index is 1490. The lowest BCUT2D eigenvalue weighted by atomic mass is 9.91. The van der Waals surface area contributed by atoms with Gasteiger partial charge in [0, 0.05) is 30.8 Å². The maximum absolute atomic E-state index is 13.3. The number of aliphatic hydroxyl groups is 1. The second-order valence-electron chi connectivity index (χ2n) is 7.96. The number of fused-ring (bicyclic) bond motifs is 4. The topological polar surface area (TPSA) is 77.1 Å². The van der Waals surface area contributed by atoms with E-state index in [4.69, 9.17) is 4.98 Å². The fourth-order valence-corrected chi connectivity index (χ4v) is 4.55. The summed E-state index contributed by atoms with van der Waals surface area (Å²) in [6.45, 7) is 4.00. The fourth-order valence-electron chi connectivity index (χ4n) is 4.55. The highest BCUT2D eigenvalue weighted by Gasteiger charge is 2.34. The molecule has 5 rings (SSSR count). The zero-order valence-electron chi connectivity index (χ0n) is 17.2. The molecule has 150 valence electrons. The minimum absolute atomic E-state index is 0.320. The lowest BCUT2D eigenvalue weighted by molar-refractivity contribution is 0.225. The van der Waals surface area contributed by atoms with Crippen molar-refractivity contribution in [1.82, 2.24) is 14.1 Å². The summed E-state index contributed by atoms with van der Waals surface area (Å²) in [5.74, 6) is 0. The molecule has 2 heterocycles. The highest BCUT2D eigenvalue weighted by atomic mass is 16.3. The van der Waals surface area contributed by atoms with Gasteiger partial charge in [-0.15, -0.1) is 0 Å². The van der Waals surface area contributed by atoms with Crippen LogP contribution in [-0.4, -0.2) is 19.2 Å². The first kappa shape index (κ1) is 18.5. The molecule has 0 saturated carbocycles. The molecule has 1 aliphatic rings. The van der Waals surface area contributed by atoms with Crippen molar-refractivity contribution in [3.63, 3.8) is 0 Å². The Morgan fingerprint density at radius 3 is 2.43 bits per heavy atom. The predicted molar refractivity (Wildman–Crippen MR) is 117 cm³/mol. The minimum Gasteiger partial charge on any atom is -0.384 e. The van der Waals surface area contributed by atoms with Crippen LogP contribution in [0.5, 0.6) is 0 Å². The van der Waals surface area contributed by atoms with Crippen molar-refractivity contribution in [3.05, 3.63) is 85.6 Å². The van der Waals surface area contributed by atoms with Gasteiger partial charge in [-0.25, -0.2) is 9.78 Å². The zero-order chi connectivity index (χ0) is 21.3. The number of benzene rings is 2. The molecule has 0 bridgehead atoms. The normalized spacial score (nSPS) is 14.8. The standard InChI is InChI=1S/C24H21N3O3/c1-12-9-10-14(13(2)11-12)17-18-20(15-7-5-6-8-16(15)21(18)28)25-22-19(17)23(29)27(4)24(30)26(22)3/h5-11,21,28H,1-4H3/t21-/m1/s1. The Balaban J connectivity index is 2.08. The van der Waals surface area contributed by atoms with Gasteiger partial charge in [-0.2, -0.15) is 0 Å². The third-order valence-corrected chi connectivity index (χ3v) is 6.06. The third-order valence-electron chi connectivity index (χ3n) is 6.06. The predicted octanol–water partition coefficient (Wildman–Crippen LogP) is 2.98. The molecule has 0 aliphatic heterocycles. The molecular weight excluding hydrogens is 378 g/mol. The fraction of sp³-hybridized carbons (Fsp3) is 0.208. The first-order valence-electron chi connectivity index (χ1n) is 9.80. The molecule has 2 aromatic carbocycles. The van der Waals surface area contributed by atoms with Gasteiger partial charge in [0.15, 0.2) is 5.65 Å². The third kappa shape index (κ3) is 2.31. The summed E-state index contributed by atoms with van der Waals surface area (Å²) in [5.41, 5.74) is 5.87. The van der Waals surface area contributed by atoms with E-state index in [9.17, 15) is 14.7 Å². The van der Waals surface area contributed by atoms with E-state index in [1.165, 1.54) is 11.6 Å². The molecule has 0 radical (unpaired) electrons. The Hall–Kier alpha value is -3.51. The van der Waals surface area contributed by atoms with E-state index in [2.05, 4.69) is 6.07 Å². The maximum Gasteiger partial charge on any atom is 0.332 e. The van der Waals surface area contributed by atoms with E-state index in [0.29, 0.717) is 27.9 Å². The molecule has 0 fully saturated rings. The van der Waals surface area contributed by atoms with Crippen molar-refractivity contribution in [2.45, 2.75) is 20.0 Å². The SMILES string of the molecule is Cc1ccc(-c2c3c(nc4c2c(=O)n(C)c(=O)n4C)-c2ccccc2[C@H]3O)c(C)c1. The molecule has 1 aliphatic carbocycles. The molecular formula is C24H21N3O3. The number of aromatic nitrogens is 3. The van der Waals surface area contributed by atoms with Gasteiger partial charge in [0.25, 0.3) is 5.56 Å². The first-order valence-corrected chi connectivity index (χ1v) is 9.80. The largest absolute Gasteiger partial charge is 0.384 e. The van der Waals surface area contributed by atoms with Crippen LogP contribution < -0.4 is 11.2 Å². The number of aryl methyl sites for hydroxylation is 3. The van der Waals surface area contributed by atoms with Crippen LogP contribution in [0, 0.1) is 13.8 Å². The first-order chi connectivity index (χ1) is 14.3. The molecule has 0 saturated heterocycles. The molecule has 2 aromatic heterocycles. The van der Waals surface area contributed by atoms with E-state index in [1.54, 1.807) is 7.05 Å². The summed E-state index contributed by atoms with van der Waals surface area (Å²) in [5, 5.41) is 11.6. The Labute approximate surface area is 172 Å². The summed E-state index contributed by atoms with van der Waals surface area (Å²) in [7, 11) is 3.08. The van der Waals surface area contributed by atoms with Gasteiger partial charge in [-0.05, 0) is 30.5 Å². The maximum atomic E-state index is 13.3. The lowest BCUT2D eigenvalue weighted by Crippen LogP contribution is -2.37. The van der Waals surface area contributed by atoms with E-state index in [1.807, 2.05) is 50.2 Å². The summed E-state index contributed by atoms with van der Waals surface area (Å²) in [6, 6.07) is 13.6. The van der Waals surface area contributed by atoms with Gasteiger partial charge >= 0.3 is 5.69 Å². The second-order valence-corrected chi connectivity index (χ2v) is 7.96. The Morgan fingerprint density at radius 1 is 0.967 bits per heavy atom. The van der Waals surface area contributed by atoms with Crippen LogP contribution in [0.4, 0.5) is 0 Å². The van der Waals surface area contributed by atoms with Crippen LogP contribution in [0.1, 0.15) is 28.4 Å². The Morgan fingerprint density at radius 2 is 1.70 bits per heavy atom. The summed E-state index contributed by atoms with van der Waals surface area (Å²) >= 11 is 0. The highest BCUT2D eigenvalue weighted by Crippen LogP contribution is 2.48. The van der Waals surface area contributed by atoms with E-state index >= 15 is 0 Å². The molecule has 30 heavy (non-hydrogen) atoms. The molecule has 6 heteroatoms. The van der Waals surface area contributed by atoms with Crippen LogP contribution in [0.2, 0.25) is 0 Å². The van der Waals surface area contributed by atoms with E-state index in [0.717, 1.165) is 32.4 Å². The average molecular weight is 399 g/mol. The number of rotatable bonds is 1. The van der Waals surface area contributed by atoms with Gasteiger partial charge in [0.05, 0.1) is 11.1 Å². The monoisotopic (exact) mass is 399 g/mol. The van der Waals surface area contributed by atoms with Crippen molar-refractivity contribution < 1.29 is 5.11 Å². The average Bonchev–Trinajstić information content (AvgIpc) is 3.02. The summed E-state index contributed by atoms with van der Waals surface area (Å²) < 4.78 is 2.50. The number of nitrogens with zero attached hydrogens (tertiary/aromatic N) is 3. The van der Waals surface area contributed by atoms with Crippen LogP contribution in [0.3, 0.4) is 0 Å². The smallest absolute Gasteiger partial charge is 0.332 e. The lowest BCUT2D eigenvalue weighted by Gasteiger charge is -2.18. The second kappa shape index (κ2) is 6.24. The molecule has 6 nitrogen and oxygen atoms in total. The molecule has 1 N–H and O–H groups in total. The summed E-state index contributed by atoms with van der Waals surface area (Å²) in [6.07, 6.45) is -0.897. The minimum atomic E-state index is -0.897. The van der Waals surface area contributed by atoms with E-state index in [-0.39, 0.29) is 0 Å². The number of aliphatic hydroxyl groups excluding tert-OH is 1. The van der Waals surface area contributed by atoms with Gasteiger partial charge in [-0.1, -0.05) is 48.0 Å². The quantitative estimate of drug-likeness (QED) is 0.534. The van der Waals surface area contributed by atoms with Gasteiger partial charge in [0.2, 0.25) is 0 Å². The van der Waals surface area contributed by atoms with Gasteiger partial charge in [-0.3, -0.25) is 13.9 Å². The van der Waals surface area contributed by atoms with Crippen LogP contribution >= 0.6 is 0 Å². The van der Waals surface area contributed by atoms with Crippen molar-refractivity contribution >= 4 is 11.0 Å². The number of pyridine rings is 1. The highest BCUT2D eigenvalue weighted by molar-refractivity contribution is 6.00. The molecule has 4 aromatic rings. The number of hydrogen-bond donors (Lipinski definition) is 1. The van der Waals surface area contributed by atoms with Crippen LogP contribution in [-0.2, 0) is 14.1 Å². The summed E-state index contributed by atoms with van der Waals surface area (Å²) in [4.78, 5) is 30.6. The van der Waals surface area contributed by atoms with Crippen LogP contribution in [0.15, 0.2) is 52.1 Å². The number of hydrogen-bond acceptors (Lipinski definition) is 4. The van der Waals surface area contributed by atoms with Crippen molar-refractivity contribution in [2.24, 2.45) is 14.1 Å².